The second-order valence-electron chi connectivity index (χ2n) is 9.34. The molecule has 6 heteroatoms. The zero-order chi connectivity index (χ0) is 21.0. The summed E-state index contributed by atoms with van der Waals surface area (Å²) in [6, 6.07) is 10.6. The summed E-state index contributed by atoms with van der Waals surface area (Å²) in [5, 5.41) is 3.72. The number of aryl methyl sites for hydroxylation is 1. The van der Waals surface area contributed by atoms with Crippen molar-refractivity contribution in [1.29, 1.82) is 0 Å². The van der Waals surface area contributed by atoms with E-state index in [4.69, 9.17) is 15.7 Å². The fraction of sp³-hybridized carbons (Fsp3) is 0.600. The number of hydrogen-bond donors (Lipinski definition) is 2. The van der Waals surface area contributed by atoms with E-state index >= 15 is 0 Å². The van der Waals surface area contributed by atoms with Gasteiger partial charge >= 0.3 is 0 Å². The maximum absolute atomic E-state index is 6.62. The zero-order valence-electron chi connectivity index (χ0n) is 18.6. The first-order chi connectivity index (χ1) is 15.3. The molecule has 0 bridgehead atoms. The fourth-order valence-corrected chi connectivity index (χ4v) is 5.40. The van der Waals surface area contributed by atoms with E-state index in [1.165, 1.54) is 54.7 Å². The highest BCUT2D eigenvalue weighted by atomic mass is 15.4. The maximum atomic E-state index is 6.62. The molecule has 1 aromatic heterocycles. The van der Waals surface area contributed by atoms with E-state index in [0.717, 1.165) is 57.8 Å². The van der Waals surface area contributed by atoms with Gasteiger partial charge in [-0.25, -0.2) is 4.98 Å². The molecule has 31 heavy (non-hydrogen) atoms. The average molecular weight is 421 g/mol. The Hall–Kier alpha value is -2.18. The first-order valence-electron chi connectivity index (χ1n) is 12.2. The minimum absolute atomic E-state index is 0.0605. The quantitative estimate of drug-likeness (QED) is 0.773. The normalized spacial score (nSPS) is 24.2. The predicted molar refractivity (Wildman–Crippen MR) is 126 cm³/mol. The number of fused-ring (bicyclic) bond motifs is 1. The van der Waals surface area contributed by atoms with E-state index < -0.39 is 0 Å². The molecule has 2 atom stereocenters. The SMILES string of the molecule is NC1CCCN(c2nc3c(c(N4CCCCCC4)n2)CCC3)C1NCc1ccccc1. The number of aromatic nitrogens is 2. The number of rotatable bonds is 5. The van der Waals surface area contributed by atoms with Crippen LogP contribution in [0.25, 0.3) is 0 Å². The van der Waals surface area contributed by atoms with Crippen LogP contribution in [-0.4, -0.2) is 41.8 Å². The topological polar surface area (TPSA) is 70.3 Å². The summed E-state index contributed by atoms with van der Waals surface area (Å²) in [6.45, 7) is 4.01. The molecule has 166 valence electrons. The Kier molecular flexibility index (Phi) is 6.37. The van der Waals surface area contributed by atoms with Crippen molar-refractivity contribution in [3.8, 4) is 0 Å². The van der Waals surface area contributed by atoms with Crippen LogP contribution in [0.5, 0.6) is 0 Å². The summed E-state index contributed by atoms with van der Waals surface area (Å²) >= 11 is 0. The average Bonchev–Trinajstić information content (AvgIpc) is 3.11. The standard InChI is InChI=1S/C25H36N6/c26-21-13-9-17-31(24(21)27-18-19-10-4-3-5-11-19)25-28-22-14-8-12-20(22)23(29-25)30-15-6-1-2-7-16-30/h3-5,10-11,21,24,27H,1-2,6-9,12-18,26H2. The van der Waals surface area contributed by atoms with Crippen molar-refractivity contribution in [3.63, 3.8) is 0 Å². The summed E-state index contributed by atoms with van der Waals surface area (Å²) < 4.78 is 0. The summed E-state index contributed by atoms with van der Waals surface area (Å²) in [6.07, 6.45) is 10.8. The highest BCUT2D eigenvalue weighted by Gasteiger charge is 2.33. The summed E-state index contributed by atoms with van der Waals surface area (Å²) in [5.74, 6) is 2.08. The number of benzene rings is 1. The lowest BCUT2D eigenvalue weighted by atomic mass is 10.0. The number of nitrogens with one attached hydrogen (secondary N) is 1. The monoisotopic (exact) mass is 420 g/mol. The highest BCUT2D eigenvalue weighted by Crippen LogP contribution is 2.33. The number of hydrogen-bond acceptors (Lipinski definition) is 6. The van der Waals surface area contributed by atoms with Gasteiger partial charge in [0.1, 0.15) is 5.82 Å². The minimum atomic E-state index is 0.0605. The molecule has 1 aromatic carbocycles. The maximum Gasteiger partial charge on any atom is 0.228 e. The van der Waals surface area contributed by atoms with Crippen LogP contribution in [0, 0.1) is 0 Å². The van der Waals surface area contributed by atoms with Gasteiger partial charge in [-0.05, 0) is 50.5 Å². The van der Waals surface area contributed by atoms with Gasteiger partial charge in [0, 0.05) is 37.8 Å². The van der Waals surface area contributed by atoms with Crippen molar-refractivity contribution < 1.29 is 0 Å². The number of nitrogens with two attached hydrogens (primary N) is 1. The highest BCUT2D eigenvalue weighted by molar-refractivity contribution is 5.55. The Balaban J connectivity index is 1.43. The van der Waals surface area contributed by atoms with Gasteiger partial charge in [0.05, 0.1) is 11.9 Å². The van der Waals surface area contributed by atoms with Crippen LogP contribution in [0.1, 0.15) is 61.8 Å². The lowest BCUT2D eigenvalue weighted by molar-refractivity contribution is 0.341. The van der Waals surface area contributed by atoms with Gasteiger partial charge in [-0.2, -0.15) is 4.98 Å². The molecule has 6 nitrogen and oxygen atoms in total. The third-order valence-electron chi connectivity index (χ3n) is 7.10. The van der Waals surface area contributed by atoms with Gasteiger partial charge in [0.15, 0.2) is 0 Å². The molecule has 3 heterocycles. The zero-order valence-corrected chi connectivity index (χ0v) is 18.6. The van der Waals surface area contributed by atoms with Gasteiger partial charge in [-0.1, -0.05) is 43.2 Å². The molecule has 0 amide bonds. The van der Waals surface area contributed by atoms with Gasteiger partial charge < -0.3 is 15.5 Å². The molecule has 0 saturated carbocycles. The molecule has 0 spiro atoms. The Morgan fingerprint density at radius 2 is 1.71 bits per heavy atom. The van der Waals surface area contributed by atoms with Crippen LogP contribution in [-0.2, 0) is 19.4 Å². The predicted octanol–water partition coefficient (Wildman–Crippen LogP) is 3.39. The molecule has 2 unspecified atom stereocenters. The van der Waals surface area contributed by atoms with Crippen LogP contribution in [0.4, 0.5) is 11.8 Å². The minimum Gasteiger partial charge on any atom is -0.356 e. The Morgan fingerprint density at radius 1 is 0.903 bits per heavy atom. The molecule has 2 fully saturated rings. The van der Waals surface area contributed by atoms with E-state index in [9.17, 15) is 0 Å². The van der Waals surface area contributed by atoms with Crippen LogP contribution in [0.2, 0.25) is 0 Å². The number of anilines is 2. The molecule has 2 aromatic rings. The third kappa shape index (κ3) is 4.55. The van der Waals surface area contributed by atoms with E-state index in [1.54, 1.807) is 0 Å². The molecular formula is C25H36N6. The number of piperidine rings is 1. The van der Waals surface area contributed by atoms with Crippen LogP contribution in [0.15, 0.2) is 30.3 Å². The van der Waals surface area contributed by atoms with Crippen molar-refractivity contribution in [2.45, 2.75) is 76.5 Å². The molecule has 0 radical (unpaired) electrons. The van der Waals surface area contributed by atoms with E-state index in [1.807, 2.05) is 0 Å². The van der Waals surface area contributed by atoms with Crippen LogP contribution in [0.3, 0.4) is 0 Å². The van der Waals surface area contributed by atoms with Crippen molar-refractivity contribution in [2.75, 3.05) is 29.4 Å². The van der Waals surface area contributed by atoms with E-state index in [0.29, 0.717) is 0 Å². The summed E-state index contributed by atoms with van der Waals surface area (Å²) in [5.41, 5.74) is 10.6. The Bertz CT molecular complexity index is 862. The van der Waals surface area contributed by atoms with Crippen molar-refractivity contribution in [3.05, 3.63) is 47.2 Å². The molecular weight excluding hydrogens is 384 g/mol. The molecule has 1 aliphatic carbocycles. The van der Waals surface area contributed by atoms with E-state index in [2.05, 4.69) is 45.4 Å². The lowest BCUT2D eigenvalue weighted by Gasteiger charge is -2.41. The van der Waals surface area contributed by atoms with Gasteiger partial charge in [0.2, 0.25) is 5.95 Å². The first-order valence-corrected chi connectivity index (χ1v) is 12.2. The largest absolute Gasteiger partial charge is 0.356 e. The molecule has 2 aliphatic heterocycles. The van der Waals surface area contributed by atoms with Crippen molar-refractivity contribution in [1.82, 2.24) is 15.3 Å². The van der Waals surface area contributed by atoms with Crippen LogP contribution < -0.4 is 20.9 Å². The van der Waals surface area contributed by atoms with Gasteiger partial charge in [0.25, 0.3) is 0 Å². The molecule has 3 aliphatic rings. The Labute approximate surface area is 186 Å². The second-order valence-corrected chi connectivity index (χ2v) is 9.34. The van der Waals surface area contributed by atoms with Crippen LogP contribution >= 0.6 is 0 Å². The Morgan fingerprint density at radius 3 is 2.52 bits per heavy atom. The smallest absolute Gasteiger partial charge is 0.228 e. The summed E-state index contributed by atoms with van der Waals surface area (Å²) in [7, 11) is 0. The second kappa shape index (κ2) is 9.53. The number of nitrogens with zero attached hydrogens (tertiary/aromatic N) is 4. The fourth-order valence-electron chi connectivity index (χ4n) is 5.40. The van der Waals surface area contributed by atoms with Crippen molar-refractivity contribution in [2.24, 2.45) is 5.73 Å². The molecule has 2 saturated heterocycles. The van der Waals surface area contributed by atoms with E-state index in [-0.39, 0.29) is 12.2 Å². The van der Waals surface area contributed by atoms with Gasteiger partial charge in [-0.15, -0.1) is 0 Å². The lowest BCUT2D eigenvalue weighted by Crippen LogP contribution is -2.59. The van der Waals surface area contributed by atoms with Crippen molar-refractivity contribution >= 4 is 11.8 Å². The first kappa shape index (κ1) is 20.7. The van der Waals surface area contributed by atoms with Gasteiger partial charge in [-0.3, -0.25) is 5.32 Å². The third-order valence-corrected chi connectivity index (χ3v) is 7.10. The molecule has 5 rings (SSSR count). The molecule has 3 N–H and O–H groups in total. The summed E-state index contributed by atoms with van der Waals surface area (Å²) in [4.78, 5) is 15.2.